The molecule has 0 fully saturated rings. The minimum absolute atomic E-state index is 0.0288. The SMILES string of the molecule is CCC(C)(CO)NC(=O)CNC. The van der Waals surface area contributed by atoms with E-state index in [4.69, 9.17) is 5.11 Å². The van der Waals surface area contributed by atoms with Crippen LogP contribution >= 0.6 is 0 Å². The number of amides is 1. The molecule has 0 aromatic heterocycles. The zero-order valence-electron chi connectivity index (χ0n) is 7.98. The second kappa shape index (κ2) is 5.11. The van der Waals surface area contributed by atoms with E-state index in [2.05, 4.69) is 10.6 Å². The standard InChI is InChI=1S/C8H18N2O2/c1-4-8(2,6-11)10-7(12)5-9-3/h9,11H,4-6H2,1-3H3,(H,10,12). The smallest absolute Gasteiger partial charge is 0.234 e. The quantitative estimate of drug-likeness (QED) is 0.526. The molecule has 0 saturated carbocycles. The lowest BCUT2D eigenvalue weighted by Crippen LogP contribution is -2.50. The highest BCUT2D eigenvalue weighted by atomic mass is 16.3. The van der Waals surface area contributed by atoms with Crippen LogP contribution in [0.1, 0.15) is 20.3 Å². The Bertz CT molecular complexity index is 144. The van der Waals surface area contributed by atoms with Gasteiger partial charge in [0.2, 0.25) is 5.91 Å². The number of aliphatic hydroxyl groups excluding tert-OH is 1. The lowest BCUT2D eigenvalue weighted by Gasteiger charge is -2.27. The van der Waals surface area contributed by atoms with Crippen LogP contribution in [0, 0.1) is 0 Å². The fraction of sp³-hybridized carbons (Fsp3) is 0.875. The van der Waals surface area contributed by atoms with Gasteiger partial charge in [0.15, 0.2) is 0 Å². The van der Waals surface area contributed by atoms with Crippen molar-refractivity contribution in [3.63, 3.8) is 0 Å². The van der Waals surface area contributed by atoms with Gasteiger partial charge < -0.3 is 15.7 Å². The Morgan fingerprint density at radius 3 is 2.50 bits per heavy atom. The number of aliphatic hydroxyl groups is 1. The zero-order valence-corrected chi connectivity index (χ0v) is 7.98. The summed E-state index contributed by atoms with van der Waals surface area (Å²) in [7, 11) is 1.71. The molecular formula is C8H18N2O2. The molecule has 0 aromatic rings. The van der Waals surface area contributed by atoms with Gasteiger partial charge in [0.1, 0.15) is 0 Å². The van der Waals surface area contributed by atoms with Crippen LogP contribution in [0.2, 0.25) is 0 Å². The predicted octanol–water partition coefficient (Wildman–Crippen LogP) is -0.517. The normalized spacial score (nSPS) is 15.3. The van der Waals surface area contributed by atoms with Crippen molar-refractivity contribution in [3.05, 3.63) is 0 Å². The van der Waals surface area contributed by atoms with Gasteiger partial charge in [0.05, 0.1) is 18.7 Å². The van der Waals surface area contributed by atoms with Gasteiger partial charge in [0, 0.05) is 0 Å². The molecule has 0 saturated heterocycles. The van der Waals surface area contributed by atoms with E-state index in [1.54, 1.807) is 7.05 Å². The fourth-order valence-corrected chi connectivity index (χ4v) is 0.781. The Kier molecular flexibility index (Phi) is 4.85. The summed E-state index contributed by atoms with van der Waals surface area (Å²) in [4.78, 5) is 11.1. The molecule has 1 unspecified atom stereocenters. The molecule has 4 heteroatoms. The van der Waals surface area contributed by atoms with Crippen LogP contribution in [0.4, 0.5) is 0 Å². The summed E-state index contributed by atoms with van der Waals surface area (Å²) in [6.45, 7) is 4.00. The van der Waals surface area contributed by atoms with Crippen molar-refractivity contribution in [1.29, 1.82) is 0 Å². The summed E-state index contributed by atoms with van der Waals surface area (Å²) >= 11 is 0. The summed E-state index contributed by atoms with van der Waals surface area (Å²) < 4.78 is 0. The van der Waals surface area contributed by atoms with E-state index in [-0.39, 0.29) is 19.1 Å². The third kappa shape index (κ3) is 3.69. The van der Waals surface area contributed by atoms with Crippen molar-refractivity contribution in [2.45, 2.75) is 25.8 Å². The van der Waals surface area contributed by atoms with Crippen molar-refractivity contribution in [2.24, 2.45) is 0 Å². The molecule has 0 aliphatic rings. The van der Waals surface area contributed by atoms with E-state index in [1.165, 1.54) is 0 Å². The van der Waals surface area contributed by atoms with Crippen molar-refractivity contribution < 1.29 is 9.90 Å². The van der Waals surface area contributed by atoms with Crippen molar-refractivity contribution in [3.8, 4) is 0 Å². The number of carbonyl (C=O) groups is 1. The molecule has 4 nitrogen and oxygen atoms in total. The van der Waals surface area contributed by atoms with E-state index in [0.29, 0.717) is 0 Å². The third-order valence-corrected chi connectivity index (χ3v) is 1.91. The van der Waals surface area contributed by atoms with Gasteiger partial charge in [-0.25, -0.2) is 0 Å². The summed E-state index contributed by atoms with van der Waals surface area (Å²) in [6, 6.07) is 0. The Labute approximate surface area is 73.3 Å². The minimum atomic E-state index is -0.478. The van der Waals surface area contributed by atoms with Gasteiger partial charge in [-0.3, -0.25) is 4.79 Å². The number of likely N-dealkylation sites (N-methyl/N-ethyl adjacent to an activating group) is 1. The van der Waals surface area contributed by atoms with Crippen molar-refractivity contribution >= 4 is 5.91 Å². The molecule has 0 spiro atoms. The summed E-state index contributed by atoms with van der Waals surface area (Å²) in [5.41, 5.74) is -0.478. The molecule has 0 rings (SSSR count). The first-order chi connectivity index (χ1) is 5.58. The van der Waals surface area contributed by atoms with Gasteiger partial charge in [0.25, 0.3) is 0 Å². The van der Waals surface area contributed by atoms with Crippen LogP contribution in [-0.2, 0) is 4.79 Å². The average molecular weight is 174 g/mol. The highest BCUT2D eigenvalue weighted by Gasteiger charge is 2.22. The maximum Gasteiger partial charge on any atom is 0.234 e. The maximum atomic E-state index is 11.1. The Morgan fingerprint density at radius 2 is 2.17 bits per heavy atom. The van der Waals surface area contributed by atoms with Crippen LogP contribution < -0.4 is 10.6 Å². The minimum Gasteiger partial charge on any atom is -0.394 e. The third-order valence-electron chi connectivity index (χ3n) is 1.91. The molecule has 0 bridgehead atoms. The molecule has 72 valence electrons. The number of hydrogen-bond acceptors (Lipinski definition) is 3. The van der Waals surface area contributed by atoms with Gasteiger partial charge in [-0.15, -0.1) is 0 Å². The van der Waals surface area contributed by atoms with E-state index in [1.807, 2.05) is 13.8 Å². The molecular weight excluding hydrogens is 156 g/mol. The topological polar surface area (TPSA) is 61.4 Å². The second-order valence-electron chi connectivity index (χ2n) is 3.15. The first-order valence-electron chi connectivity index (χ1n) is 4.14. The van der Waals surface area contributed by atoms with Gasteiger partial charge in [-0.1, -0.05) is 6.92 Å². The van der Waals surface area contributed by atoms with Crippen LogP contribution in [-0.4, -0.2) is 36.8 Å². The second-order valence-corrected chi connectivity index (χ2v) is 3.15. The molecule has 1 amide bonds. The Balaban J connectivity index is 3.93. The zero-order chi connectivity index (χ0) is 9.61. The van der Waals surface area contributed by atoms with Gasteiger partial charge in [-0.05, 0) is 20.4 Å². The monoisotopic (exact) mass is 174 g/mol. The van der Waals surface area contributed by atoms with Gasteiger partial charge in [-0.2, -0.15) is 0 Å². The van der Waals surface area contributed by atoms with Crippen LogP contribution in [0.25, 0.3) is 0 Å². The average Bonchev–Trinajstić information content (AvgIpc) is 2.05. The first-order valence-corrected chi connectivity index (χ1v) is 4.14. The fourth-order valence-electron chi connectivity index (χ4n) is 0.781. The molecule has 0 aliphatic carbocycles. The molecule has 0 heterocycles. The Hall–Kier alpha value is -0.610. The number of hydrogen-bond donors (Lipinski definition) is 3. The van der Waals surface area contributed by atoms with Crippen molar-refractivity contribution in [1.82, 2.24) is 10.6 Å². The van der Waals surface area contributed by atoms with Crippen molar-refractivity contribution in [2.75, 3.05) is 20.2 Å². The van der Waals surface area contributed by atoms with Crippen LogP contribution in [0.15, 0.2) is 0 Å². The molecule has 12 heavy (non-hydrogen) atoms. The van der Waals surface area contributed by atoms with Crippen LogP contribution in [0.5, 0.6) is 0 Å². The molecule has 0 radical (unpaired) electrons. The van der Waals surface area contributed by atoms with E-state index in [9.17, 15) is 4.79 Å². The van der Waals surface area contributed by atoms with E-state index in [0.717, 1.165) is 6.42 Å². The summed E-state index contributed by atoms with van der Waals surface area (Å²) in [5, 5.41) is 14.5. The number of rotatable bonds is 5. The largest absolute Gasteiger partial charge is 0.394 e. The van der Waals surface area contributed by atoms with E-state index >= 15 is 0 Å². The molecule has 0 aromatic carbocycles. The Morgan fingerprint density at radius 1 is 1.58 bits per heavy atom. The first kappa shape index (κ1) is 11.4. The molecule has 1 atom stereocenters. The summed E-state index contributed by atoms with van der Waals surface area (Å²) in [6.07, 6.45) is 0.721. The summed E-state index contributed by atoms with van der Waals surface area (Å²) in [5.74, 6) is -0.0871. The molecule has 3 N–H and O–H groups in total. The lowest BCUT2D eigenvalue weighted by molar-refractivity contribution is -0.122. The molecule has 0 aliphatic heterocycles. The van der Waals surface area contributed by atoms with Gasteiger partial charge >= 0.3 is 0 Å². The lowest BCUT2D eigenvalue weighted by atomic mass is 10.0. The number of carbonyl (C=O) groups excluding carboxylic acids is 1. The highest BCUT2D eigenvalue weighted by Crippen LogP contribution is 2.06. The predicted molar refractivity (Wildman–Crippen MR) is 47.9 cm³/mol. The van der Waals surface area contributed by atoms with Crippen LogP contribution in [0.3, 0.4) is 0 Å². The van der Waals surface area contributed by atoms with E-state index < -0.39 is 5.54 Å². The maximum absolute atomic E-state index is 11.1. The highest BCUT2D eigenvalue weighted by molar-refractivity contribution is 5.78. The number of nitrogens with one attached hydrogen (secondary N) is 2.